The normalized spacial score (nSPS) is 10.3. The van der Waals surface area contributed by atoms with Crippen molar-refractivity contribution in [3.63, 3.8) is 0 Å². The van der Waals surface area contributed by atoms with E-state index in [0.717, 1.165) is 16.8 Å². The van der Waals surface area contributed by atoms with Crippen molar-refractivity contribution in [1.82, 2.24) is 14.8 Å². The van der Waals surface area contributed by atoms with Gasteiger partial charge in [-0.15, -0.1) is 0 Å². The van der Waals surface area contributed by atoms with Gasteiger partial charge < -0.3 is 5.32 Å². The highest BCUT2D eigenvalue weighted by Crippen LogP contribution is 2.18. The topological polar surface area (TPSA) is 42.7 Å². The van der Waals surface area contributed by atoms with E-state index in [0.29, 0.717) is 5.15 Å². The first-order valence-corrected chi connectivity index (χ1v) is 6.99. The summed E-state index contributed by atoms with van der Waals surface area (Å²) >= 11 is 5.91. The number of nitrogens with zero attached hydrogens (tertiary/aromatic N) is 3. The van der Waals surface area contributed by atoms with Gasteiger partial charge in [-0.1, -0.05) is 23.4 Å². The van der Waals surface area contributed by atoms with E-state index in [2.05, 4.69) is 27.2 Å². The summed E-state index contributed by atoms with van der Waals surface area (Å²) in [5, 5.41) is 7.72. The summed E-state index contributed by atoms with van der Waals surface area (Å²) in [6.07, 6.45) is 4.96. The lowest BCUT2D eigenvalue weighted by Gasteiger charge is -2.11. The Balaban J connectivity index is 2.24. The van der Waals surface area contributed by atoms with Gasteiger partial charge in [0, 0.05) is 18.4 Å². The fourth-order valence-corrected chi connectivity index (χ4v) is 1.89. The van der Waals surface area contributed by atoms with E-state index >= 15 is 0 Å². The highest BCUT2D eigenvalue weighted by atomic mass is 35.5. The molecule has 0 atom stereocenters. The molecule has 0 aliphatic heterocycles. The van der Waals surface area contributed by atoms with Crippen LogP contribution in [-0.2, 0) is 6.54 Å². The van der Waals surface area contributed by atoms with Gasteiger partial charge in [0.15, 0.2) is 0 Å². The Bertz CT molecular complexity index is 670. The maximum absolute atomic E-state index is 12.2. The molecule has 0 bridgehead atoms. The van der Waals surface area contributed by atoms with Crippen LogP contribution >= 0.6 is 11.6 Å². The smallest absolute Gasteiger partial charge is 0.131 e. The van der Waals surface area contributed by atoms with Gasteiger partial charge in [0.1, 0.15) is 11.8 Å². The summed E-state index contributed by atoms with van der Waals surface area (Å²) in [5.74, 6) is 6.03. The second-order valence-electron chi connectivity index (χ2n) is 4.78. The lowest BCUT2D eigenvalue weighted by atomic mass is 10.2. The SMILES string of the molecule is CC(C)Nc1cc(Cl)ncc1C#Cc1cnn(CCF)c1. The van der Waals surface area contributed by atoms with Crippen LogP contribution in [0.2, 0.25) is 5.15 Å². The number of hydrogen-bond acceptors (Lipinski definition) is 3. The Kier molecular flexibility index (Phi) is 5.18. The van der Waals surface area contributed by atoms with Crippen molar-refractivity contribution >= 4 is 17.3 Å². The molecule has 1 N–H and O–H groups in total. The van der Waals surface area contributed by atoms with E-state index in [-0.39, 0.29) is 12.6 Å². The number of halogens is 2. The van der Waals surface area contributed by atoms with Crippen molar-refractivity contribution in [3.05, 3.63) is 40.9 Å². The van der Waals surface area contributed by atoms with Crippen LogP contribution < -0.4 is 5.32 Å². The average Bonchev–Trinajstić information content (AvgIpc) is 2.85. The lowest BCUT2D eigenvalue weighted by molar-refractivity contribution is 0.427. The number of pyridine rings is 1. The van der Waals surface area contributed by atoms with Crippen LogP contribution in [0.25, 0.3) is 0 Å². The summed E-state index contributed by atoms with van der Waals surface area (Å²) in [4.78, 5) is 4.05. The van der Waals surface area contributed by atoms with Crippen LogP contribution in [0.15, 0.2) is 24.7 Å². The Morgan fingerprint density at radius 1 is 1.38 bits per heavy atom. The molecule has 0 aliphatic rings. The first-order valence-electron chi connectivity index (χ1n) is 6.61. The average molecular weight is 307 g/mol. The number of aryl methyl sites for hydroxylation is 1. The number of rotatable bonds is 4. The van der Waals surface area contributed by atoms with Crippen molar-refractivity contribution in [2.45, 2.75) is 26.4 Å². The number of nitrogens with one attached hydrogen (secondary N) is 1. The summed E-state index contributed by atoms with van der Waals surface area (Å²) < 4.78 is 13.8. The maximum Gasteiger partial charge on any atom is 0.131 e. The zero-order valence-corrected chi connectivity index (χ0v) is 12.7. The van der Waals surface area contributed by atoms with Gasteiger partial charge in [-0.3, -0.25) is 4.68 Å². The summed E-state index contributed by atoms with van der Waals surface area (Å²) in [6, 6.07) is 2.01. The molecule has 0 radical (unpaired) electrons. The third kappa shape index (κ3) is 4.47. The van der Waals surface area contributed by atoms with Gasteiger partial charge in [-0.2, -0.15) is 5.10 Å². The Labute approximate surface area is 128 Å². The predicted octanol–water partition coefficient (Wildman–Crippen LogP) is 3.12. The molecule has 4 nitrogen and oxygen atoms in total. The van der Waals surface area contributed by atoms with Crippen LogP contribution in [0.5, 0.6) is 0 Å². The molecular weight excluding hydrogens is 291 g/mol. The molecule has 0 saturated carbocycles. The minimum atomic E-state index is -0.446. The van der Waals surface area contributed by atoms with Crippen molar-refractivity contribution in [2.75, 3.05) is 12.0 Å². The molecule has 2 aromatic rings. The summed E-state index contributed by atoms with van der Waals surface area (Å²) in [5.41, 5.74) is 2.33. The zero-order valence-electron chi connectivity index (χ0n) is 11.9. The predicted molar refractivity (Wildman–Crippen MR) is 82.2 cm³/mol. The molecular formula is C15H16ClFN4. The van der Waals surface area contributed by atoms with Crippen LogP contribution in [0, 0.1) is 11.8 Å². The first-order chi connectivity index (χ1) is 10.1. The molecule has 21 heavy (non-hydrogen) atoms. The fourth-order valence-electron chi connectivity index (χ4n) is 1.74. The number of hydrogen-bond donors (Lipinski definition) is 1. The highest BCUT2D eigenvalue weighted by molar-refractivity contribution is 6.29. The largest absolute Gasteiger partial charge is 0.382 e. The maximum atomic E-state index is 12.2. The Morgan fingerprint density at radius 3 is 2.90 bits per heavy atom. The van der Waals surface area contributed by atoms with Gasteiger partial charge in [0.2, 0.25) is 0 Å². The minimum absolute atomic E-state index is 0.240. The van der Waals surface area contributed by atoms with E-state index in [9.17, 15) is 4.39 Å². The van der Waals surface area contributed by atoms with E-state index in [4.69, 9.17) is 11.6 Å². The van der Waals surface area contributed by atoms with Crippen molar-refractivity contribution in [3.8, 4) is 11.8 Å². The molecule has 0 aromatic carbocycles. The molecule has 0 aliphatic carbocycles. The van der Waals surface area contributed by atoms with Crippen molar-refractivity contribution < 1.29 is 4.39 Å². The number of aromatic nitrogens is 3. The molecule has 0 saturated heterocycles. The molecule has 0 amide bonds. The molecule has 0 fully saturated rings. The van der Waals surface area contributed by atoms with Crippen LogP contribution in [0.3, 0.4) is 0 Å². The van der Waals surface area contributed by atoms with Gasteiger partial charge in [-0.05, 0) is 19.9 Å². The zero-order chi connectivity index (χ0) is 15.2. The monoisotopic (exact) mass is 306 g/mol. The molecule has 110 valence electrons. The minimum Gasteiger partial charge on any atom is -0.382 e. The summed E-state index contributed by atoms with van der Waals surface area (Å²) in [7, 11) is 0. The molecule has 2 rings (SSSR count). The summed E-state index contributed by atoms with van der Waals surface area (Å²) in [6.45, 7) is 3.86. The van der Waals surface area contributed by atoms with Crippen LogP contribution in [0.1, 0.15) is 25.0 Å². The van der Waals surface area contributed by atoms with E-state index in [1.807, 2.05) is 13.8 Å². The van der Waals surface area contributed by atoms with Crippen molar-refractivity contribution in [1.29, 1.82) is 0 Å². The van der Waals surface area contributed by atoms with Crippen LogP contribution in [0.4, 0.5) is 10.1 Å². The Hall–Kier alpha value is -2.06. The number of anilines is 1. The van der Waals surface area contributed by atoms with E-state index in [1.54, 1.807) is 24.7 Å². The van der Waals surface area contributed by atoms with E-state index in [1.165, 1.54) is 4.68 Å². The van der Waals surface area contributed by atoms with Gasteiger partial charge in [-0.25, -0.2) is 9.37 Å². The molecule has 2 aromatic heterocycles. The Morgan fingerprint density at radius 2 is 2.19 bits per heavy atom. The number of alkyl halides is 1. The molecule has 0 unspecified atom stereocenters. The third-order valence-corrected chi connectivity index (χ3v) is 2.81. The second-order valence-corrected chi connectivity index (χ2v) is 5.17. The first kappa shape index (κ1) is 15.3. The van der Waals surface area contributed by atoms with Crippen LogP contribution in [-0.4, -0.2) is 27.5 Å². The molecule has 2 heterocycles. The quantitative estimate of drug-likeness (QED) is 0.697. The van der Waals surface area contributed by atoms with E-state index < -0.39 is 6.67 Å². The highest BCUT2D eigenvalue weighted by Gasteiger charge is 2.04. The van der Waals surface area contributed by atoms with Crippen molar-refractivity contribution in [2.24, 2.45) is 0 Å². The standard InChI is InChI=1S/C15H16ClFN4/c1-11(2)20-14-7-15(16)18-9-13(14)4-3-12-8-19-21(10-12)6-5-17/h7-11H,5-6H2,1-2H3,(H,18,20). The molecule has 6 heteroatoms. The second kappa shape index (κ2) is 7.09. The third-order valence-electron chi connectivity index (χ3n) is 2.60. The lowest BCUT2D eigenvalue weighted by Crippen LogP contribution is -2.11. The van der Waals surface area contributed by atoms with Gasteiger partial charge >= 0.3 is 0 Å². The fraction of sp³-hybridized carbons (Fsp3) is 0.333. The molecule has 0 spiro atoms. The van der Waals surface area contributed by atoms with Gasteiger partial charge in [0.25, 0.3) is 0 Å². The van der Waals surface area contributed by atoms with Gasteiger partial charge in [0.05, 0.1) is 29.6 Å².